The summed E-state index contributed by atoms with van der Waals surface area (Å²) in [4.78, 5) is 10.4. The van der Waals surface area contributed by atoms with Gasteiger partial charge in [-0.05, 0) is 37.0 Å². The molecular weight excluding hydrogens is 178 g/mol. The molecule has 2 saturated carbocycles. The summed E-state index contributed by atoms with van der Waals surface area (Å²) in [5, 5.41) is 3.87. The molecule has 14 heavy (non-hydrogen) atoms. The van der Waals surface area contributed by atoms with Gasteiger partial charge in [-0.15, -0.1) is 0 Å². The van der Waals surface area contributed by atoms with Gasteiger partial charge in [0, 0.05) is 12.1 Å². The summed E-state index contributed by atoms with van der Waals surface area (Å²) in [7, 11) is 0. The second-order valence-electron chi connectivity index (χ2n) is 4.52. The van der Waals surface area contributed by atoms with Crippen LogP contribution in [-0.4, -0.2) is 12.2 Å². The van der Waals surface area contributed by atoms with E-state index in [9.17, 15) is 4.79 Å². The van der Waals surface area contributed by atoms with Gasteiger partial charge >= 0.3 is 6.03 Å². The molecule has 0 aromatic rings. The summed E-state index contributed by atoms with van der Waals surface area (Å²) in [6.07, 6.45) is 5.91. The van der Waals surface area contributed by atoms with Crippen LogP contribution in [-0.2, 0) is 0 Å². The number of urea groups is 1. The van der Waals surface area contributed by atoms with E-state index in [4.69, 9.17) is 5.73 Å². The molecule has 0 saturated heterocycles. The van der Waals surface area contributed by atoms with Gasteiger partial charge in [0.25, 0.3) is 0 Å². The minimum atomic E-state index is -0.586. The molecule has 78 valence electrons. The molecule has 2 rings (SSSR count). The Hall–Kier alpha value is -1.06. The highest BCUT2D eigenvalue weighted by atomic mass is 16.2. The maximum atomic E-state index is 10.4. The summed E-state index contributed by atoms with van der Waals surface area (Å²) in [5.74, 6) is 2.92. The van der Waals surface area contributed by atoms with E-state index in [0.29, 0.717) is 11.8 Å². The number of carbonyl (C=O) groups is 1. The standard InChI is InChI=1S/C10H17N3O/c1-6-7-2-3-8(4-7)9(6)5-12-13-10(11)14/h5-9H,2-4H2,1H3,(H3,11,13,14)/b12-5+/t6-,7+,8+,9+/m1/s1. The van der Waals surface area contributed by atoms with Crippen molar-refractivity contribution in [3.8, 4) is 0 Å². The number of nitrogens with one attached hydrogen (secondary N) is 1. The minimum absolute atomic E-state index is 0.542. The monoisotopic (exact) mass is 195 g/mol. The molecule has 2 fully saturated rings. The molecule has 0 aromatic carbocycles. The lowest BCUT2D eigenvalue weighted by atomic mass is 9.81. The van der Waals surface area contributed by atoms with Crippen molar-refractivity contribution in [1.29, 1.82) is 0 Å². The molecule has 2 aliphatic rings. The van der Waals surface area contributed by atoms with Gasteiger partial charge in [-0.25, -0.2) is 10.2 Å². The van der Waals surface area contributed by atoms with Crippen molar-refractivity contribution in [3.63, 3.8) is 0 Å². The van der Waals surface area contributed by atoms with Gasteiger partial charge in [0.1, 0.15) is 0 Å². The molecule has 4 nitrogen and oxygen atoms in total. The van der Waals surface area contributed by atoms with Gasteiger partial charge in [-0.1, -0.05) is 6.92 Å². The van der Waals surface area contributed by atoms with Crippen LogP contribution in [0.25, 0.3) is 0 Å². The Morgan fingerprint density at radius 2 is 2.21 bits per heavy atom. The van der Waals surface area contributed by atoms with Crippen LogP contribution in [0.1, 0.15) is 26.2 Å². The van der Waals surface area contributed by atoms with Gasteiger partial charge in [0.15, 0.2) is 0 Å². The molecule has 0 unspecified atom stereocenters. The highest BCUT2D eigenvalue weighted by Gasteiger charge is 2.44. The number of fused-ring (bicyclic) bond motifs is 2. The Morgan fingerprint density at radius 3 is 2.79 bits per heavy atom. The zero-order valence-corrected chi connectivity index (χ0v) is 8.44. The summed E-state index contributed by atoms with van der Waals surface area (Å²) in [6.45, 7) is 2.28. The first kappa shape index (κ1) is 9.49. The Bertz CT molecular complexity index is 262. The third-order valence-electron chi connectivity index (χ3n) is 3.83. The Morgan fingerprint density at radius 1 is 1.50 bits per heavy atom. The first-order chi connectivity index (χ1) is 6.68. The number of nitrogens with two attached hydrogens (primary N) is 1. The number of primary amides is 1. The van der Waals surface area contributed by atoms with Crippen molar-refractivity contribution < 1.29 is 4.79 Å². The van der Waals surface area contributed by atoms with Crippen LogP contribution in [0.2, 0.25) is 0 Å². The molecule has 0 radical (unpaired) electrons. The SMILES string of the molecule is C[C@@H]1[C@H]2CC[C@@H](C2)[C@H]1/C=N/NC(N)=O. The quantitative estimate of drug-likeness (QED) is 0.506. The van der Waals surface area contributed by atoms with Gasteiger partial charge in [0.2, 0.25) is 0 Å². The van der Waals surface area contributed by atoms with Crippen molar-refractivity contribution in [3.05, 3.63) is 0 Å². The van der Waals surface area contributed by atoms with Crippen LogP contribution >= 0.6 is 0 Å². The summed E-state index contributed by atoms with van der Waals surface area (Å²) in [5.41, 5.74) is 7.18. The van der Waals surface area contributed by atoms with E-state index in [-0.39, 0.29) is 0 Å². The van der Waals surface area contributed by atoms with E-state index < -0.39 is 6.03 Å². The molecule has 0 heterocycles. The van der Waals surface area contributed by atoms with Crippen LogP contribution in [0.15, 0.2) is 5.10 Å². The van der Waals surface area contributed by atoms with Crippen LogP contribution in [0, 0.1) is 23.7 Å². The molecule has 4 heteroatoms. The van der Waals surface area contributed by atoms with Gasteiger partial charge in [-0.3, -0.25) is 0 Å². The molecule has 2 bridgehead atoms. The lowest BCUT2D eigenvalue weighted by molar-refractivity contribution is 0.249. The summed E-state index contributed by atoms with van der Waals surface area (Å²) < 4.78 is 0. The topological polar surface area (TPSA) is 67.5 Å². The van der Waals surface area contributed by atoms with Crippen molar-refractivity contribution in [1.82, 2.24) is 5.43 Å². The second-order valence-corrected chi connectivity index (χ2v) is 4.52. The highest BCUT2D eigenvalue weighted by molar-refractivity contribution is 5.73. The Kier molecular flexibility index (Phi) is 2.44. The van der Waals surface area contributed by atoms with Crippen molar-refractivity contribution in [2.45, 2.75) is 26.2 Å². The van der Waals surface area contributed by atoms with E-state index in [1.807, 2.05) is 6.21 Å². The highest BCUT2D eigenvalue weighted by Crippen LogP contribution is 2.51. The maximum Gasteiger partial charge on any atom is 0.332 e. The molecule has 0 spiro atoms. The van der Waals surface area contributed by atoms with Crippen molar-refractivity contribution in [2.75, 3.05) is 0 Å². The van der Waals surface area contributed by atoms with Crippen molar-refractivity contribution >= 4 is 12.2 Å². The van der Waals surface area contributed by atoms with Gasteiger partial charge in [0.05, 0.1) is 0 Å². The fourth-order valence-corrected chi connectivity index (χ4v) is 3.07. The van der Waals surface area contributed by atoms with Crippen LogP contribution in [0.5, 0.6) is 0 Å². The first-order valence-electron chi connectivity index (χ1n) is 5.27. The number of nitrogens with zero attached hydrogens (tertiary/aromatic N) is 1. The van der Waals surface area contributed by atoms with E-state index in [2.05, 4.69) is 17.5 Å². The number of hydrogen-bond acceptors (Lipinski definition) is 2. The zero-order chi connectivity index (χ0) is 10.1. The third-order valence-corrected chi connectivity index (χ3v) is 3.83. The fraction of sp³-hybridized carbons (Fsp3) is 0.800. The molecule has 0 aromatic heterocycles. The number of rotatable bonds is 2. The van der Waals surface area contributed by atoms with E-state index in [1.165, 1.54) is 19.3 Å². The van der Waals surface area contributed by atoms with Crippen LogP contribution in [0.4, 0.5) is 4.79 Å². The fourth-order valence-electron chi connectivity index (χ4n) is 3.07. The predicted octanol–water partition coefficient (Wildman–Crippen LogP) is 1.32. The van der Waals surface area contributed by atoms with Gasteiger partial charge in [-0.2, -0.15) is 5.10 Å². The average Bonchev–Trinajstić information content (AvgIpc) is 2.68. The second kappa shape index (κ2) is 3.59. The third kappa shape index (κ3) is 1.61. The predicted molar refractivity (Wildman–Crippen MR) is 54.7 cm³/mol. The molecule has 2 aliphatic carbocycles. The van der Waals surface area contributed by atoms with Crippen LogP contribution in [0.3, 0.4) is 0 Å². The molecule has 4 atom stereocenters. The van der Waals surface area contributed by atoms with Crippen molar-refractivity contribution in [2.24, 2.45) is 34.5 Å². The van der Waals surface area contributed by atoms with E-state index in [1.54, 1.807) is 0 Å². The summed E-state index contributed by atoms with van der Waals surface area (Å²) in [6, 6.07) is -0.586. The first-order valence-corrected chi connectivity index (χ1v) is 5.27. The Balaban J connectivity index is 1.92. The van der Waals surface area contributed by atoms with E-state index >= 15 is 0 Å². The zero-order valence-electron chi connectivity index (χ0n) is 8.44. The normalized spacial score (nSPS) is 40.6. The molecule has 2 amide bonds. The Labute approximate surface area is 83.9 Å². The lowest BCUT2D eigenvalue weighted by Gasteiger charge is -2.24. The number of amides is 2. The molecule has 0 aliphatic heterocycles. The van der Waals surface area contributed by atoms with Crippen LogP contribution < -0.4 is 11.2 Å². The molecular formula is C10H17N3O. The van der Waals surface area contributed by atoms with Gasteiger partial charge < -0.3 is 5.73 Å². The lowest BCUT2D eigenvalue weighted by Crippen LogP contribution is -2.27. The smallest absolute Gasteiger partial charge is 0.332 e. The minimum Gasteiger partial charge on any atom is -0.350 e. The summed E-state index contributed by atoms with van der Waals surface area (Å²) >= 11 is 0. The maximum absolute atomic E-state index is 10.4. The number of hydrazone groups is 1. The number of carbonyl (C=O) groups excluding carboxylic acids is 1. The van der Waals surface area contributed by atoms with E-state index in [0.717, 1.165) is 11.8 Å². The molecule has 3 N–H and O–H groups in total. The number of hydrogen-bond donors (Lipinski definition) is 2. The average molecular weight is 195 g/mol. The largest absolute Gasteiger partial charge is 0.350 e.